The van der Waals surface area contributed by atoms with E-state index < -0.39 is 0 Å². The van der Waals surface area contributed by atoms with Gasteiger partial charge in [-0.2, -0.15) is 11.8 Å². The van der Waals surface area contributed by atoms with E-state index in [1.54, 1.807) is 11.8 Å². The summed E-state index contributed by atoms with van der Waals surface area (Å²) in [4.78, 5) is 0. The standard InChI is InChI=1S/C9H18OS/c1-5-6-9(10)8(4)11-7(2)3/h5-10H,1-4H3. The lowest BCUT2D eigenvalue weighted by molar-refractivity contribution is 0.224. The maximum atomic E-state index is 9.46. The lowest BCUT2D eigenvalue weighted by Crippen LogP contribution is -2.18. The Kier molecular flexibility index (Phi) is 5.69. The molecule has 0 spiro atoms. The van der Waals surface area contributed by atoms with E-state index in [1.807, 2.05) is 19.1 Å². The largest absolute Gasteiger partial charge is 0.388 e. The van der Waals surface area contributed by atoms with Gasteiger partial charge in [0.2, 0.25) is 0 Å². The van der Waals surface area contributed by atoms with Gasteiger partial charge in [-0.25, -0.2) is 0 Å². The summed E-state index contributed by atoms with van der Waals surface area (Å²) in [5, 5.41) is 10.3. The SMILES string of the molecule is CC=CC(O)C(C)SC(C)C. The number of thioether (sulfide) groups is 1. The minimum absolute atomic E-state index is 0.297. The predicted molar refractivity (Wildman–Crippen MR) is 53.0 cm³/mol. The maximum Gasteiger partial charge on any atom is 0.0836 e. The van der Waals surface area contributed by atoms with Crippen molar-refractivity contribution in [2.45, 2.75) is 44.3 Å². The van der Waals surface area contributed by atoms with Crippen molar-refractivity contribution in [2.75, 3.05) is 0 Å². The third-order valence-corrected chi connectivity index (χ3v) is 2.61. The van der Waals surface area contributed by atoms with Gasteiger partial charge < -0.3 is 5.11 Å². The van der Waals surface area contributed by atoms with Crippen molar-refractivity contribution in [1.82, 2.24) is 0 Å². The molecule has 2 heteroatoms. The van der Waals surface area contributed by atoms with Gasteiger partial charge in [0.1, 0.15) is 0 Å². The van der Waals surface area contributed by atoms with E-state index >= 15 is 0 Å². The molecule has 11 heavy (non-hydrogen) atoms. The van der Waals surface area contributed by atoms with Crippen molar-refractivity contribution < 1.29 is 5.11 Å². The highest BCUT2D eigenvalue weighted by molar-refractivity contribution is 8.00. The first kappa shape index (κ1) is 11.1. The van der Waals surface area contributed by atoms with Gasteiger partial charge in [0.15, 0.2) is 0 Å². The fourth-order valence-corrected chi connectivity index (χ4v) is 1.97. The number of aliphatic hydroxyl groups is 1. The fourth-order valence-electron chi connectivity index (χ4n) is 0.863. The van der Waals surface area contributed by atoms with Crippen molar-refractivity contribution in [3.8, 4) is 0 Å². The third-order valence-electron chi connectivity index (χ3n) is 1.36. The van der Waals surface area contributed by atoms with Gasteiger partial charge in [-0.3, -0.25) is 0 Å². The van der Waals surface area contributed by atoms with Gasteiger partial charge in [0.25, 0.3) is 0 Å². The maximum absolute atomic E-state index is 9.46. The molecule has 66 valence electrons. The summed E-state index contributed by atoms with van der Waals surface area (Å²) >= 11 is 1.80. The molecule has 0 aliphatic carbocycles. The van der Waals surface area contributed by atoms with E-state index in [-0.39, 0.29) is 6.10 Å². The van der Waals surface area contributed by atoms with Gasteiger partial charge in [0, 0.05) is 5.25 Å². The second kappa shape index (κ2) is 5.67. The van der Waals surface area contributed by atoms with Crippen molar-refractivity contribution in [3.63, 3.8) is 0 Å². The van der Waals surface area contributed by atoms with Crippen molar-refractivity contribution in [2.24, 2.45) is 0 Å². The van der Waals surface area contributed by atoms with Crippen LogP contribution in [0.15, 0.2) is 12.2 Å². The molecule has 0 aromatic carbocycles. The molecule has 0 rings (SSSR count). The van der Waals surface area contributed by atoms with E-state index in [9.17, 15) is 5.11 Å². The Labute approximate surface area is 73.9 Å². The summed E-state index contributed by atoms with van der Waals surface area (Å²) in [5.74, 6) is 0. The van der Waals surface area contributed by atoms with Crippen LogP contribution in [0.2, 0.25) is 0 Å². The topological polar surface area (TPSA) is 20.2 Å². The number of rotatable bonds is 4. The number of hydrogen-bond donors (Lipinski definition) is 1. The van der Waals surface area contributed by atoms with Crippen LogP contribution in [-0.2, 0) is 0 Å². The molecule has 1 nitrogen and oxygen atoms in total. The molecule has 0 fully saturated rings. The molecule has 0 bridgehead atoms. The summed E-state index contributed by atoms with van der Waals surface area (Å²) in [6, 6.07) is 0. The van der Waals surface area contributed by atoms with Crippen LogP contribution in [0.25, 0.3) is 0 Å². The van der Waals surface area contributed by atoms with Crippen LogP contribution in [0.1, 0.15) is 27.7 Å². The summed E-state index contributed by atoms with van der Waals surface area (Å²) in [5.41, 5.74) is 0. The minimum Gasteiger partial charge on any atom is -0.388 e. The average Bonchev–Trinajstić information content (AvgIpc) is 1.86. The van der Waals surface area contributed by atoms with E-state index in [4.69, 9.17) is 0 Å². The van der Waals surface area contributed by atoms with Crippen LogP contribution in [0.3, 0.4) is 0 Å². The molecule has 0 radical (unpaired) electrons. The normalized spacial score (nSPS) is 17.6. The zero-order chi connectivity index (χ0) is 8.85. The zero-order valence-electron chi connectivity index (χ0n) is 7.74. The van der Waals surface area contributed by atoms with Crippen LogP contribution in [-0.4, -0.2) is 21.7 Å². The Bertz CT molecular complexity index is 121. The van der Waals surface area contributed by atoms with Gasteiger partial charge >= 0.3 is 0 Å². The molecule has 2 unspecified atom stereocenters. The molecule has 0 aliphatic heterocycles. The fraction of sp³-hybridized carbons (Fsp3) is 0.778. The van der Waals surface area contributed by atoms with Crippen LogP contribution in [0.4, 0.5) is 0 Å². The number of hydrogen-bond acceptors (Lipinski definition) is 2. The zero-order valence-corrected chi connectivity index (χ0v) is 8.56. The highest BCUT2D eigenvalue weighted by Crippen LogP contribution is 2.19. The predicted octanol–water partition coefficient (Wildman–Crippen LogP) is 2.45. The smallest absolute Gasteiger partial charge is 0.0836 e. The molecule has 0 aromatic rings. The summed E-state index contributed by atoms with van der Waals surface area (Å²) < 4.78 is 0. The third kappa shape index (κ3) is 5.33. The second-order valence-corrected chi connectivity index (χ2v) is 4.86. The molecule has 0 saturated carbocycles. The van der Waals surface area contributed by atoms with Crippen LogP contribution < -0.4 is 0 Å². The molecule has 0 aliphatic rings. The molecule has 2 atom stereocenters. The molecular weight excluding hydrogens is 156 g/mol. The summed E-state index contributed by atoms with van der Waals surface area (Å²) in [6.45, 7) is 8.26. The first-order valence-corrected chi connectivity index (χ1v) is 4.98. The minimum atomic E-state index is -0.299. The van der Waals surface area contributed by atoms with Crippen molar-refractivity contribution in [1.29, 1.82) is 0 Å². The first-order valence-electron chi connectivity index (χ1n) is 4.04. The molecular formula is C9H18OS. The second-order valence-electron chi connectivity index (χ2n) is 2.91. The van der Waals surface area contributed by atoms with Gasteiger partial charge in [-0.05, 0) is 12.2 Å². The summed E-state index contributed by atoms with van der Waals surface area (Å²) in [7, 11) is 0. The molecule has 0 aromatic heterocycles. The Morgan fingerprint density at radius 3 is 2.18 bits per heavy atom. The van der Waals surface area contributed by atoms with E-state index in [0.717, 1.165) is 0 Å². The molecule has 0 saturated heterocycles. The monoisotopic (exact) mass is 174 g/mol. The van der Waals surface area contributed by atoms with Crippen LogP contribution >= 0.6 is 11.8 Å². The van der Waals surface area contributed by atoms with Crippen molar-refractivity contribution in [3.05, 3.63) is 12.2 Å². The number of allylic oxidation sites excluding steroid dienone is 1. The Morgan fingerprint density at radius 1 is 1.27 bits per heavy atom. The Balaban J connectivity index is 3.72. The molecule has 0 amide bonds. The van der Waals surface area contributed by atoms with E-state index in [2.05, 4.69) is 20.8 Å². The van der Waals surface area contributed by atoms with Crippen LogP contribution in [0, 0.1) is 0 Å². The Morgan fingerprint density at radius 2 is 1.82 bits per heavy atom. The van der Waals surface area contributed by atoms with Gasteiger partial charge in [-0.1, -0.05) is 32.9 Å². The number of aliphatic hydroxyl groups excluding tert-OH is 1. The molecule has 0 heterocycles. The van der Waals surface area contributed by atoms with E-state index in [0.29, 0.717) is 10.5 Å². The lowest BCUT2D eigenvalue weighted by Gasteiger charge is -2.16. The first-order chi connectivity index (χ1) is 5.07. The quantitative estimate of drug-likeness (QED) is 0.661. The van der Waals surface area contributed by atoms with Gasteiger partial charge in [-0.15, -0.1) is 0 Å². The summed E-state index contributed by atoms with van der Waals surface area (Å²) in [6.07, 6.45) is 3.43. The Hall–Kier alpha value is 0.0500. The van der Waals surface area contributed by atoms with E-state index in [1.165, 1.54) is 0 Å². The average molecular weight is 174 g/mol. The van der Waals surface area contributed by atoms with Crippen LogP contribution in [0.5, 0.6) is 0 Å². The highest BCUT2D eigenvalue weighted by Gasteiger charge is 2.12. The molecule has 1 N–H and O–H groups in total. The lowest BCUT2D eigenvalue weighted by atomic mass is 10.2. The highest BCUT2D eigenvalue weighted by atomic mass is 32.2. The van der Waals surface area contributed by atoms with Gasteiger partial charge in [0.05, 0.1) is 6.10 Å². The van der Waals surface area contributed by atoms with Crippen molar-refractivity contribution >= 4 is 11.8 Å².